The molecule has 8 heteroatoms. The fourth-order valence-corrected chi connectivity index (χ4v) is 9.09. The molecule has 0 saturated carbocycles. The molecule has 2 aliphatic rings. The Bertz CT molecular complexity index is 2880. The molecule has 0 aliphatic carbocycles. The lowest BCUT2D eigenvalue weighted by atomic mass is 9.83. The molecule has 0 aromatic heterocycles. The number of benzene rings is 8. The van der Waals surface area contributed by atoms with Crippen LogP contribution >= 0.6 is 15.9 Å². The van der Waals surface area contributed by atoms with Crippen LogP contribution < -0.4 is 33.2 Å². The van der Waals surface area contributed by atoms with Crippen molar-refractivity contribution < 1.29 is 33.2 Å². The summed E-state index contributed by atoms with van der Waals surface area (Å²) in [6.45, 7) is 0. The SMILES string of the molecule is COc1ccc(C2(c3ccc(OC)cc3)C=Cc3c(ccc4cccc(Br)c34)O2)cc1.COc1ccc(C2(c3ccc(OC)cc3)C=Cc3c(ccc4cccc(OC)c34)O2)cc1. The van der Waals surface area contributed by atoms with Gasteiger partial charge in [0.05, 0.1) is 35.5 Å². The molecule has 10 rings (SSSR count). The second kappa shape index (κ2) is 17.3. The molecule has 314 valence electrons. The number of methoxy groups -OCH3 is 5. The Balaban J connectivity index is 0.000000160. The first kappa shape index (κ1) is 41.2. The maximum absolute atomic E-state index is 6.82. The van der Waals surface area contributed by atoms with E-state index in [1.807, 2.05) is 97.1 Å². The lowest BCUT2D eigenvalue weighted by Crippen LogP contribution is -2.34. The Labute approximate surface area is 375 Å². The van der Waals surface area contributed by atoms with Crippen LogP contribution in [0.2, 0.25) is 0 Å². The van der Waals surface area contributed by atoms with Crippen molar-refractivity contribution in [1.29, 1.82) is 0 Å². The summed E-state index contributed by atoms with van der Waals surface area (Å²) in [4.78, 5) is 0. The summed E-state index contributed by atoms with van der Waals surface area (Å²) >= 11 is 3.71. The normalized spacial score (nSPS) is 13.9. The molecule has 0 unspecified atom stereocenters. The van der Waals surface area contributed by atoms with Crippen LogP contribution in [0.25, 0.3) is 33.7 Å². The molecule has 8 aromatic rings. The minimum Gasteiger partial charge on any atom is -0.497 e. The van der Waals surface area contributed by atoms with Crippen molar-refractivity contribution >= 4 is 49.6 Å². The predicted octanol–water partition coefficient (Wildman–Crippen LogP) is 13.2. The van der Waals surface area contributed by atoms with Gasteiger partial charge in [0, 0.05) is 48.6 Å². The van der Waals surface area contributed by atoms with E-state index in [4.69, 9.17) is 33.2 Å². The Morgan fingerprint density at radius 1 is 0.381 bits per heavy atom. The molecular formula is C55H45BrO7. The van der Waals surface area contributed by atoms with Gasteiger partial charge in [-0.3, -0.25) is 0 Å². The summed E-state index contributed by atoms with van der Waals surface area (Å²) in [5.74, 6) is 5.69. The van der Waals surface area contributed by atoms with Crippen molar-refractivity contribution in [2.45, 2.75) is 11.2 Å². The van der Waals surface area contributed by atoms with E-state index in [1.54, 1.807) is 35.5 Å². The molecule has 8 aromatic carbocycles. The van der Waals surface area contributed by atoms with Crippen LogP contribution in [-0.2, 0) is 11.2 Å². The van der Waals surface area contributed by atoms with Gasteiger partial charge in [-0.05, 0) is 108 Å². The van der Waals surface area contributed by atoms with Crippen LogP contribution in [-0.4, -0.2) is 35.5 Å². The fraction of sp³-hybridized carbons (Fsp3) is 0.127. The average Bonchev–Trinajstić information content (AvgIpc) is 3.36. The van der Waals surface area contributed by atoms with Crippen LogP contribution in [0.4, 0.5) is 0 Å². The molecule has 0 saturated heterocycles. The number of ether oxygens (including phenoxy) is 7. The maximum Gasteiger partial charge on any atom is 0.178 e. The predicted molar refractivity (Wildman–Crippen MR) is 255 cm³/mol. The van der Waals surface area contributed by atoms with E-state index < -0.39 is 11.2 Å². The summed E-state index contributed by atoms with van der Waals surface area (Å²) in [5, 5.41) is 4.47. The van der Waals surface area contributed by atoms with E-state index in [9.17, 15) is 0 Å². The van der Waals surface area contributed by atoms with E-state index in [1.165, 1.54) is 5.39 Å². The first-order chi connectivity index (χ1) is 30.8. The van der Waals surface area contributed by atoms with Gasteiger partial charge in [0.2, 0.25) is 0 Å². The Morgan fingerprint density at radius 3 is 1.13 bits per heavy atom. The van der Waals surface area contributed by atoms with E-state index in [0.717, 1.165) is 94.3 Å². The third-order valence-corrected chi connectivity index (χ3v) is 12.5. The van der Waals surface area contributed by atoms with Crippen LogP contribution in [0.15, 0.2) is 174 Å². The lowest BCUT2D eigenvalue weighted by molar-refractivity contribution is 0.161. The molecule has 0 fully saturated rings. The van der Waals surface area contributed by atoms with E-state index in [2.05, 4.69) is 101 Å². The largest absolute Gasteiger partial charge is 0.497 e. The molecular weight excluding hydrogens is 853 g/mol. The highest BCUT2D eigenvalue weighted by atomic mass is 79.9. The van der Waals surface area contributed by atoms with Crippen LogP contribution in [0.5, 0.6) is 40.2 Å². The zero-order chi connectivity index (χ0) is 43.6. The van der Waals surface area contributed by atoms with Gasteiger partial charge in [0.25, 0.3) is 0 Å². The minimum absolute atomic E-state index is 0.763. The van der Waals surface area contributed by atoms with Gasteiger partial charge < -0.3 is 33.2 Å². The molecule has 0 spiro atoms. The molecule has 0 radical (unpaired) electrons. The molecule has 63 heavy (non-hydrogen) atoms. The van der Waals surface area contributed by atoms with Gasteiger partial charge in [0.1, 0.15) is 40.2 Å². The average molecular weight is 898 g/mol. The highest BCUT2D eigenvalue weighted by molar-refractivity contribution is 9.10. The van der Waals surface area contributed by atoms with Gasteiger partial charge in [-0.15, -0.1) is 0 Å². The Kier molecular flexibility index (Phi) is 11.3. The molecule has 0 bridgehead atoms. The van der Waals surface area contributed by atoms with Gasteiger partial charge in [-0.2, -0.15) is 0 Å². The third kappa shape index (κ3) is 7.50. The Morgan fingerprint density at radius 2 is 0.746 bits per heavy atom. The first-order valence-electron chi connectivity index (χ1n) is 20.5. The van der Waals surface area contributed by atoms with E-state index in [0.29, 0.717) is 0 Å². The molecule has 2 heterocycles. The first-order valence-corrected chi connectivity index (χ1v) is 21.3. The second-order valence-electron chi connectivity index (χ2n) is 15.1. The summed E-state index contributed by atoms with van der Waals surface area (Å²) in [5.41, 5.74) is 4.58. The summed E-state index contributed by atoms with van der Waals surface area (Å²) in [6.07, 6.45) is 8.56. The van der Waals surface area contributed by atoms with Crippen molar-refractivity contribution in [2.24, 2.45) is 0 Å². The summed E-state index contributed by atoms with van der Waals surface area (Å²) < 4.78 is 41.8. The van der Waals surface area contributed by atoms with Crippen LogP contribution in [0.1, 0.15) is 33.4 Å². The van der Waals surface area contributed by atoms with Crippen molar-refractivity contribution in [3.8, 4) is 40.2 Å². The van der Waals surface area contributed by atoms with E-state index >= 15 is 0 Å². The number of halogens is 1. The van der Waals surface area contributed by atoms with Gasteiger partial charge in [0.15, 0.2) is 11.2 Å². The van der Waals surface area contributed by atoms with Gasteiger partial charge in [-0.25, -0.2) is 0 Å². The highest BCUT2D eigenvalue weighted by Crippen LogP contribution is 2.48. The summed E-state index contributed by atoms with van der Waals surface area (Å²) in [7, 11) is 8.37. The number of rotatable bonds is 9. The molecule has 7 nitrogen and oxygen atoms in total. The smallest absolute Gasteiger partial charge is 0.178 e. The second-order valence-corrected chi connectivity index (χ2v) is 16.0. The monoisotopic (exact) mass is 896 g/mol. The van der Waals surface area contributed by atoms with Crippen molar-refractivity contribution in [2.75, 3.05) is 35.5 Å². The molecule has 0 N–H and O–H groups in total. The molecule has 2 aliphatic heterocycles. The highest BCUT2D eigenvalue weighted by Gasteiger charge is 2.39. The van der Waals surface area contributed by atoms with E-state index in [-0.39, 0.29) is 0 Å². The van der Waals surface area contributed by atoms with Crippen LogP contribution in [0.3, 0.4) is 0 Å². The Hall–Kier alpha value is -7.16. The zero-order valence-electron chi connectivity index (χ0n) is 35.6. The quantitative estimate of drug-likeness (QED) is 0.143. The minimum atomic E-state index is -0.790. The van der Waals surface area contributed by atoms with Crippen molar-refractivity contribution in [3.63, 3.8) is 0 Å². The zero-order valence-corrected chi connectivity index (χ0v) is 37.1. The molecule has 0 amide bonds. The number of fused-ring (bicyclic) bond motifs is 6. The fourth-order valence-electron chi connectivity index (χ4n) is 8.50. The van der Waals surface area contributed by atoms with Crippen molar-refractivity contribution in [3.05, 3.63) is 208 Å². The van der Waals surface area contributed by atoms with Gasteiger partial charge >= 0.3 is 0 Å². The third-order valence-electron chi connectivity index (χ3n) is 11.8. The summed E-state index contributed by atoms with van der Waals surface area (Å²) in [6, 6.07) is 52.6. The standard InChI is InChI=1S/C28H24O4.C27H21BrO3/c1-29-22-12-8-20(9-13-22)28(21-10-14-23(30-2)15-11-21)18-17-24-25(32-28)16-7-19-5-4-6-26(31-3)27(19)24;1-29-21-11-7-19(8-12-21)27(20-9-13-22(30-2)14-10-20)17-16-23-25(31-27)15-6-18-4-3-5-24(28)26(18)23/h4-18H,1-3H3;3-17H,1-2H3. The molecule has 0 atom stereocenters. The van der Waals surface area contributed by atoms with Crippen molar-refractivity contribution in [1.82, 2.24) is 0 Å². The lowest BCUT2D eigenvalue weighted by Gasteiger charge is -2.36. The number of hydrogen-bond donors (Lipinski definition) is 0. The maximum atomic E-state index is 6.82. The van der Waals surface area contributed by atoms with Gasteiger partial charge in [-0.1, -0.05) is 101 Å². The van der Waals surface area contributed by atoms with Crippen LogP contribution in [0, 0.1) is 0 Å². The number of hydrogen-bond acceptors (Lipinski definition) is 7. The topological polar surface area (TPSA) is 64.6 Å².